The molecule has 2 heterocycles. The van der Waals surface area contributed by atoms with E-state index in [4.69, 9.17) is 21.1 Å². The van der Waals surface area contributed by atoms with E-state index < -0.39 is 17.8 Å². The van der Waals surface area contributed by atoms with E-state index >= 15 is 0 Å². The molecule has 2 aromatic rings. The lowest BCUT2D eigenvalue weighted by atomic mass is 10.1. The summed E-state index contributed by atoms with van der Waals surface area (Å²) in [6, 6.07) is 6.23. The number of hydrogen-bond donors (Lipinski definition) is 1. The van der Waals surface area contributed by atoms with E-state index in [9.17, 15) is 14.4 Å². The first-order valence-electron chi connectivity index (χ1n) is 12.9. The lowest BCUT2D eigenvalue weighted by molar-refractivity contribution is -0.150. The van der Waals surface area contributed by atoms with Crippen LogP contribution in [0.4, 0.5) is 4.79 Å². The van der Waals surface area contributed by atoms with Gasteiger partial charge in [-0.1, -0.05) is 23.7 Å². The van der Waals surface area contributed by atoms with Crippen molar-refractivity contribution in [2.75, 3.05) is 26.7 Å². The van der Waals surface area contributed by atoms with Crippen LogP contribution in [0.15, 0.2) is 24.4 Å². The number of aryl methyl sites for hydroxylation is 1. The van der Waals surface area contributed by atoms with Crippen LogP contribution in [0.5, 0.6) is 0 Å². The first-order chi connectivity index (χ1) is 17.6. The molecule has 0 spiro atoms. The number of hydrogen-bond acceptors (Lipinski definition) is 5. The van der Waals surface area contributed by atoms with Crippen LogP contribution in [-0.2, 0) is 32.2 Å². The molecule has 2 aliphatic rings. The minimum absolute atomic E-state index is 0.0111. The topological polar surface area (TPSA) is 93.1 Å². The highest BCUT2D eigenvalue weighted by Gasteiger charge is 2.39. The first-order valence-corrected chi connectivity index (χ1v) is 13.3. The van der Waals surface area contributed by atoms with Gasteiger partial charge in [0.05, 0.1) is 18.2 Å². The molecule has 1 unspecified atom stereocenters. The minimum atomic E-state index is -0.714. The zero-order valence-corrected chi connectivity index (χ0v) is 22.8. The predicted octanol–water partition coefficient (Wildman–Crippen LogP) is 3.95. The summed E-state index contributed by atoms with van der Waals surface area (Å²) in [4.78, 5) is 41.2. The van der Waals surface area contributed by atoms with Gasteiger partial charge in [-0.2, -0.15) is 0 Å². The summed E-state index contributed by atoms with van der Waals surface area (Å²) in [5, 5.41) is 4.25. The normalized spacial score (nSPS) is 18.1. The number of benzene rings is 1. The Labute approximate surface area is 223 Å². The van der Waals surface area contributed by atoms with Crippen LogP contribution in [0.1, 0.15) is 52.0 Å². The number of halogens is 1. The van der Waals surface area contributed by atoms with Gasteiger partial charge in [-0.15, -0.1) is 0 Å². The largest absolute Gasteiger partial charge is 0.444 e. The van der Waals surface area contributed by atoms with Crippen molar-refractivity contribution in [1.29, 1.82) is 0 Å². The fourth-order valence-corrected chi connectivity index (χ4v) is 4.83. The number of amides is 3. The van der Waals surface area contributed by atoms with E-state index in [1.807, 2.05) is 44.0 Å². The number of fused-ring (bicyclic) bond motifs is 1. The fraction of sp³-hybridized carbons (Fsp3) is 0.593. The number of nitrogens with one attached hydrogen (secondary N) is 1. The SMILES string of the molecule is CNC(=O)CCCn1cc(Cl)c2ccc(CN(C(=O)C3CN(C(=O)OC(C)(C)C)CCO3)C3CC3)cc21. The third kappa shape index (κ3) is 6.96. The second kappa shape index (κ2) is 11.3. The minimum Gasteiger partial charge on any atom is -0.444 e. The molecule has 2 fully saturated rings. The van der Waals surface area contributed by atoms with Crippen molar-refractivity contribution in [2.45, 2.75) is 77.3 Å². The third-order valence-electron chi connectivity index (χ3n) is 6.60. The molecule has 0 radical (unpaired) electrons. The van der Waals surface area contributed by atoms with Crippen molar-refractivity contribution in [3.05, 3.63) is 35.0 Å². The molecule has 10 heteroatoms. The Hall–Kier alpha value is -2.78. The molecule has 1 saturated carbocycles. The molecule has 1 aromatic heterocycles. The molecule has 4 rings (SSSR count). The van der Waals surface area contributed by atoms with Gasteiger partial charge < -0.3 is 29.2 Å². The van der Waals surface area contributed by atoms with Gasteiger partial charge in [-0.25, -0.2) is 4.79 Å². The summed E-state index contributed by atoms with van der Waals surface area (Å²) in [5.74, 6) is -0.0909. The molecule has 37 heavy (non-hydrogen) atoms. The van der Waals surface area contributed by atoms with Gasteiger partial charge in [-0.05, 0) is 51.7 Å². The summed E-state index contributed by atoms with van der Waals surface area (Å²) in [6.45, 7) is 7.47. The van der Waals surface area contributed by atoms with Crippen LogP contribution in [0.25, 0.3) is 10.9 Å². The van der Waals surface area contributed by atoms with E-state index in [0.29, 0.717) is 44.1 Å². The number of rotatable bonds is 8. The van der Waals surface area contributed by atoms with Gasteiger partial charge in [0, 0.05) is 56.2 Å². The quantitative estimate of drug-likeness (QED) is 0.555. The van der Waals surface area contributed by atoms with E-state index in [2.05, 4.69) is 16.0 Å². The maximum atomic E-state index is 13.6. The molecule has 0 bridgehead atoms. The number of morpholine rings is 1. The number of aromatic nitrogens is 1. The van der Waals surface area contributed by atoms with Gasteiger partial charge in [0.25, 0.3) is 5.91 Å². The Kier molecular flexibility index (Phi) is 8.33. The van der Waals surface area contributed by atoms with Crippen LogP contribution in [0, 0.1) is 0 Å². The zero-order valence-electron chi connectivity index (χ0n) is 22.1. The van der Waals surface area contributed by atoms with E-state index in [-0.39, 0.29) is 24.4 Å². The van der Waals surface area contributed by atoms with Crippen molar-refractivity contribution in [3.8, 4) is 0 Å². The molecule has 202 valence electrons. The molecular weight excluding hydrogens is 496 g/mol. The molecule has 1 atom stereocenters. The van der Waals surface area contributed by atoms with Crippen molar-refractivity contribution in [2.24, 2.45) is 0 Å². The predicted molar refractivity (Wildman–Crippen MR) is 141 cm³/mol. The molecule has 1 aromatic carbocycles. The summed E-state index contributed by atoms with van der Waals surface area (Å²) in [6.07, 6.45) is 3.81. The van der Waals surface area contributed by atoms with Crippen LogP contribution in [-0.4, -0.2) is 76.8 Å². The van der Waals surface area contributed by atoms with Crippen LogP contribution >= 0.6 is 11.6 Å². The maximum Gasteiger partial charge on any atom is 0.410 e. The Balaban J connectivity index is 1.46. The first kappa shape index (κ1) is 27.3. The fourth-order valence-electron chi connectivity index (χ4n) is 4.56. The number of carbonyl (C=O) groups excluding carboxylic acids is 3. The number of ether oxygens (including phenoxy) is 2. The molecular formula is C27H37ClN4O5. The molecule has 1 aliphatic heterocycles. The van der Waals surface area contributed by atoms with Gasteiger partial charge >= 0.3 is 6.09 Å². The molecule has 3 amide bonds. The highest BCUT2D eigenvalue weighted by atomic mass is 35.5. The summed E-state index contributed by atoms with van der Waals surface area (Å²) in [5.41, 5.74) is 1.37. The Morgan fingerprint density at radius 1 is 1.24 bits per heavy atom. The van der Waals surface area contributed by atoms with E-state index in [1.54, 1.807) is 11.9 Å². The standard InChI is InChI=1S/C27H37ClN4O5/c1-27(2,3)37-26(35)31-12-13-36-23(17-31)25(34)32(19-8-9-19)15-18-7-10-20-21(28)16-30(22(20)14-18)11-5-6-24(33)29-4/h7,10,14,16,19,23H,5-6,8-9,11-13,15,17H2,1-4H3,(H,29,33). The average Bonchev–Trinajstić information content (AvgIpc) is 3.65. The summed E-state index contributed by atoms with van der Waals surface area (Å²) in [7, 11) is 1.64. The summed E-state index contributed by atoms with van der Waals surface area (Å²) < 4.78 is 13.4. The van der Waals surface area contributed by atoms with Gasteiger partial charge in [0.2, 0.25) is 5.91 Å². The van der Waals surface area contributed by atoms with Crippen LogP contribution in [0.2, 0.25) is 5.02 Å². The Bertz CT molecular complexity index is 1150. The maximum absolute atomic E-state index is 13.6. The van der Waals surface area contributed by atoms with Crippen molar-refractivity contribution < 1.29 is 23.9 Å². The van der Waals surface area contributed by atoms with E-state index in [0.717, 1.165) is 29.3 Å². The van der Waals surface area contributed by atoms with Gasteiger partial charge in [0.1, 0.15) is 5.60 Å². The molecule has 1 saturated heterocycles. The lowest BCUT2D eigenvalue weighted by Gasteiger charge is -2.36. The molecule has 1 aliphatic carbocycles. The Morgan fingerprint density at radius 2 is 2.00 bits per heavy atom. The van der Waals surface area contributed by atoms with Crippen LogP contribution < -0.4 is 5.32 Å². The summed E-state index contributed by atoms with van der Waals surface area (Å²) >= 11 is 6.47. The van der Waals surface area contributed by atoms with Crippen LogP contribution in [0.3, 0.4) is 0 Å². The van der Waals surface area contributed by atoms with Crippen molar-refractivity contribution >= 4 is 40.4 Å². The van der Waals surface area contributed by atoms with E-state index in [1.165, 1.54) is 0 Å². The smallest absolute Gasteiger partial charge is 0.410 e. The Morgan fingerprint density at radius 3 is 2.68 bits per heavy atom. The third-order valence-corrected chi connectivity index (χ3v) is 6.90. The van der Waals surface area contributed by atoms with Crippen molar-refractivity contribution in [1.82, 2.24) is 19.7 Å². The second-order valence-corrected chi connectivity index (χ2v) is 11.2. The average molecular weight is 533 g/mol. The highest BCUT2D eigenvalue weighted by molar-refractivity contribution is 6.35. The second-order valence-electron chi connectivity index (χ2n) is 10.8. The number of nitrogens with zero attached hydrogens (tertiary/aromatic N) is 3. The van der Waals surface area contributed by atoms with Crippen molar-refractivity contribution in [3.63, 3.8) is 0 Å². The monoisotopic (exact) mass is 532 g/mol. The zero-order chi connectivity index (χ0) is 26.7. The lowest BCUT2D eigenvalue weighted by Crippen LogP contribution is -2.53. The van der Waals surface area contributed by atoms with Gasteiger partial charge in [-0.3, -0.25) is 9.59 Å². The molecule has 9 nitrogen and oxygen atoms in total. The van der Waals surface area contributed by atoms with Gasteiger partial charge in [0.15, 0.2) is 6.10 Å². The highest BCUT2D eigenvalue weighted by Crippen LogP contribution is 2.32. The molecule has 1 N–H and O–H groups in total. The number of carbonyl (C=O) groups is 3.